The number of allylic oxidation sites excluding steroid dienone is 4. The molecule has 0 saturated carbocycles. The first-order valence-electron chi connectivity index (χ1n) is 7.33. The van der Waals surface area contributed by atoms with E-state index >= 15 is 0 Å². The molecule has 0 bridgehead atoms. The van der Waals surface area contributed by atoms with E-state index in [1.54, 1.807) is 11.8 Å². The fraction of sp³-hybridized carbons (Fsp3) is 0.294. The summed E-state index contributed by atoms with van der Waals surface area (Å²) in [6.07, 6.45) is 6.96. The molecule has 3 unspecified atom stereocenters. The lowest BCUT2D eigenvalue weighted by Gasteiger charge is -2.23. The molecule has 0 radical (unpaired) electrons. The van der Waals surface area contributed by atoms with Gasteiger partial charge < -0.3 is 11.1 Å². The molecule has 1 fully saturated rings. The lowest BCUT2D eigenvalue weighted by Crippen LogP contribution is -2.43. The summed E-state index contributed by atoms with van der Waals surface area (Å²) in [5.74, 6) is -0.250. The zero-order chi connectivity index (χ0) is 15.5. The first kappa shape index (κ1) is 15.1. The number of carbonyl (C=O) groups excluding carboxylic acids is 2. The largest absolute Gasteiger partial charge is 0.342 e. The quantitative estimate of drug-likeness (QED) is 0.835. The van der Waals surface area contributed by atoms with Gasteiger partial charge in [-0.15, -0.1) is 11.8 Å². The standard InChI is InChI=1S/C17H18N2O2S/c18-10-14(20)19-17-15(12-8-4-5-9-13(12)22-17)16(21)11-6-2-1-3-7-11/h1-7,9,12,15,17H,8,10,18H2,(H,19,20). The Morgan fingerprint density at radius 1 is 1.27 bits per heavy atom. The van der Waals surface area contributed by atoms with Crippen LogP contribution in [0.5, 0.6) is 0 Å². The highest BCUT2D eigenvalue weighted by molar-refractivity contribution is 8.04. The van der Waals surface area contributed by atoms with Crippen molar-refractivity contribution in [3.05, 3.63) is 59.0 Å². The van der Waals surface area contributed by atoms with Crippen LogP contribution in [0, 0.1) is 11.8 Å². The Bertz CT molecular complexity index is 639. The third-order valence-electron chi connectivity index (χ3n) is 4.02. The minimum absolute atomic E-state index is 0.0642. The van der Waals surface area contributed by atoms with Crippen LogP contribution in [0.4, 0.5) is 0 Å². The van der Waals surface area contributed by atoms with Crippen LogP contribution in [0.25, 0.3) is 0 Å². The number of amides is 1. The molecule has 0 spiro atoms. The molecule has 1 aromatic rings. The normalized spacial score (nSPS) is 26.2. The Balaban J connectivity index is 1.89. The van der Waals surface area contributed by atoms with E-state index in [4.69, 9.17) is 5.73 Å². The molecule has 1 saturated heterocycles. The van der Waals surface area contributed by atoms with E-state index in [0.29, 0.717) is 5.56 Å². The molecule has 4 nitrogen and oxygen atoms in total. The number of fused-ring (bicyclic) bond motifs is 1. The zero-order valence-electron chi connectivity index (χ0n) is 12.1. The predicted octanol–water partition coefficient (Wildman–Crippen LogP) is 2.09. The van der Waals surface area contributed by atoms with Gasteiger partial charge in [0, 0.05) is 11.5 Å². The number of ketones is 1. The number of Topliss-reactive ketones (excluding diaryl/α,β-unsaturated/α-hetero) is 1. The minimum Gasteiger partial charge on any atom is -0.342 e. The van der Waals surface area contributed by atoms with E-state index in [9.17, 15) is 9.59 Å². The lowest BCUT2D eigenvalue weighted by molar-refractivity contribution is -0.120. The van der Waals surface area contributed by atoms with Crippen molar-refractivity contribution in [2.24, 2.45) is 17.6 Å². The van der Waals surface area contributed by atoms with E-state index < -0.39 is 0 Å². The lowest BCUT2D eigenvalue weighted by atomic mass is 9.82. The molecular formula is C17H18N2O2S. The molecule has 1 heterocycles. The summed E-state index contributed by atoms with van der Waals surface area (Å²) in [7, 11) is 0. The maximum Gasteiger partial charge on any atom is 0.234 e. The molecule has 22 heavy (non-hydrogen) atoms. The molecule has 1 amide bonds. The van der Waals surface area contributed by atoms with Crippen molar-refractivity contribution in [1.29, 1.82) is 0 Å². The molecule has 1 aromatic carbocycles. The van der Waals surface area contributed by atoms with Crippen molar-refractivity contribution in [1.82, 2.24) is 5.32 Å². The number of carbonyl (C=O) groups is 2. The smallest absolute Gasteiger partial charge is 0.234 e. The first-order valence-corrected chi connectivity index (χ1v) is 8.20. The van der Waals surface area contributed by atoms with Crippen LogP contribution in [-0.2, 0) is 4.79 Å². The summed E-state index contributed by atoms with van der Waals surface area (Å²) in [6.45, 7) is -0.0642. The van der Waals surface area contributed by atoms with Crippen molar-refractivity contribution in [3.8, 4) is 0 Å². The number of nitrogens with one attached hydrogen (secondary N) is 1. The second-order valence-corrected chi connectivity index (χ2v) is 6.62. The SMILES string of the molecule is NCC(=O)NC1SC2=CC=CCC2C1C(=O)c1ccccc1. The molecule has 114 valence electrons. The Labute approximate surface area is 133 Å². The summed E-state index contributed by atoms with van der Waals surface area (Å²) in [4.78, 5) is 25.8. The molecule has 3 rings (SSSR count). The van der Waals surface area contributed by atoms with Gasteiger partial charge in [-0.25, -0.2) is 0 Å². The second kappa shape index (κ2) is 6.50. The minimum atomic E-state index is -0.251. The van der Waals surface area contributed by atoms with E-state index in [1.807, 2.05) is 42.5 Å². The number of benzene rings is 1. The van der Waals surface area contributed by atoms with Gasteiger partial charge >= 0.3 is 0 Å². The fourth-order valence-electron chi connectivity index (χ4n) is 2.96. The van der Waals surface area contributed by atoms with Crippen LogP contribution in [0.1, 0.15) is 16.8 Å². The average Bonchev–Trinajstić information content (AvgIpc) is 2.92. The van der Waals surface area contributed by atoms with Crippen molar-refractivity contribution < 1.29 is 9.59 Å². The molecule has 5 heteroatoms. The van der Waals surface area contributed by atoms with Crippen LogP contribution in [0.2, 0.25) is 0 Å². The van der Waals surface area contributed by atoms with E-state index in [1.165, 1.54) is 4.91 Å². The summed E-state index contributed by atoms with van der Waals surface area (Å²) >= 11 is 1.57. The fourth-order valence-corrected chi connectivity index (χ4v) is 4.48. The third kappa shape index (κ3) is 2.87. The van der Waals surface area contributed by atoms with E-state index in [0.717, 1.165) is 6.42 Å². The zero-order valence-corrected chi connectivity index (χ0v) is 12.9. The molecule has 1 aliphatic carbocycles. The second-order valence-electron chi connectivity index (χ2n) is 5.41. The van der Waals surface area contributed by atoms with Crippen LogP contribution in [-0.4, -0.2) is 23.6 Å². The van der Waals surface area contributed by atoms with Gasteiger partial charge in [0.05, 0.1) is 17.8 Å². The van der Waals surface area contributed by atoms with Gasteiger partial charge in [0.25, 0.3) is 0 Å². The number of nitrogens with two attached hydrogens (primary N) is 1. The Morgan fingerprint density at radius 2 is 2.05 bits per heavy atom. The molecule has 1 aliphatic heterocycles. The molecular weight excluding hydrogens is 296 g/mol. The van der Waals surface area contributed by atoms with Gasteiger partial charge in [-0.3, -0.25) is 9.59 Å². The Hall–Kier alpha value is -1.85. The molecule has 2 aliphatic rings. The van der Waals surface area contributed by atoms with Gasteiger partial charge in [-0.2, -0.15) is 0 Å². The highest BCUT2D eigenvalue weighted by atomic mass is 32.2. The predicted molar refractivity (Wildman–Crippen MR) is 88.2 cm³/mol. The van der Waals surface area contributed by atoms with Crippen molar-refractivity contribution >= 4 is 23.5 Å². The number of rotatable bonds is 4. The summed E-state index contributed by atoms with van der Waals surface area (Å²) < 4.78 is 0. The third-order valence-corrected chi connectivity index (χ3v) is 5.40. The van der Waals surface area contributed by atoms with Gasteiger partial charge in [0.15, 0.2) is 5.78 Å². The van der Waals surface area contributed by atoms with Gasteiger partial charge in [0.2, 0.25) is 5.91 Å². The monoisotopic (exact) mass is 314 g/mol. The summed E-state index contributed by atoms with van der Waals surface area (Å²) in [5.41, 5.74) is 6.09. The number of thioether (sulfide) groups is 1. The molecule has 0 aromatic heterocycles. The Morgan fingerprint density at radius 3 is 2.77 bits per heavy atom. The van der Waals surface area contributed by atoms with Gasteiger partial charge in [-0.1, -0.05) is 48.6 Å². The average molecular weight is 314 g/mol. The van der Waals surface area contributed by atoms with Crippen molar-refractivity contribution in [2.75, 3.05) is 6.54 Å². The molecule has 3 N–H and O–H groups in total. The van der Waals surface area contributed by atoms with Crippen LogP contribution < -0.4 is 11.1 Å². The number of hydrogen-bond acceptors (Lipinski definition) is 4. The highest BCUT2D eigenvalue weighted by Gasteiger charge is 2.45. The van der Waals surface area contributed by atoms with Crippen LogP contribution in [0.3, 0.4) is 0 Å². The highest BCUT2D eigenvalue weighted by Crippen LogP contribution is 2.49. The van der Waals surface area contributed by atoms with Crippen molar-refractivity contribution in [2.45, 2.75) is 11.8 Å². The summed E-state index contributed by atoms with van der Waals surface area (Å²) in [5, 5.41) is 2.65. The van der Waals surface area contributed by atoms with Gasteiger partial charge in [0.1, 0.15) is 0 Å². The summed E-state index contributed by atoms with van der Waals surface area (Å²) in [6, 6.07) is 9.27. The number of hydrogen-bond donors (Lipinski definition) is 2. The van der Waals surface area contributed by atoms with Gasteiger partial charge in [-0.05, 0) is 11.3 Å². The molecule has 3 atom stereocenters. The Kier molecular flexibility index (Phi) is 4.45. The van der Waals surface area contributed by atoms with E-state index in [2.05, 4.69) is 11.4 Å². The first-order chi connectivity index (χ1) is 10.7. The van der Waals surface area contributed by atoms with E-state index in [-0.39, 0.29) is 35.4 Å². The van der Waals surface area contributed by atoms with Crippen molar-refractivity contribution in [3.63, 3.8) is 0 Å². The van der Waals surface area contributed by atoms with Crippen LogP contribution >= 0.6 is 11.8 Å². The van der Waals surface area contributed by atoms with Crippen LogP contribution in [0.15, 0.2) is 53.5 Å². The maximum atomic E-state index is 12.9. The maximum absolute atomic E-state index is 12.9. The topological polar surface area (TPSA) is 72.2 Å².